The van der Waals surface area contributed by atoms with Crippen molar-refractivity contribution in [3.05, 3.63) is 36.1 Å². The summed E-state index contributed by atoms with van der Waals surface area (Å²) in [7, 11) is 1.79. The number of carbonyl (C=O) groups excluding carboxylic acids is 1. The maximum Gasteiger partial charge on any atom is 0.231 e. The Morgan fingerprint density at radius 1 is 1.58 bits per heavy atom. The highest BCUT2D eigenvalue weighted by Gasteiger charge is 2.25. The fraction of sp³-hybridized carbons (Fsp3) is 0.300. The molecule has 0 radical (unpaired) electrons. The molecule has 12 heavy (non-hydrogen) atoms. The summed E-state index contributed by atoms with van der Waals surface area (Å²) < 4.78 is 0. The first-order valence-corrected chi connectivity index (χ1v) is 3.95. The normalized spacial score (nSPS) is 24.2. The zero-order valence-electron chi connectivity index (χ0n) is 7.50. The molecule has 0 unspecified atom stereocenters. The second kappa shape index (κ2) is 3.39. The van der Waals surface area contributed by atoms with E-state index in [-0.39, 0.29) is 5.91 Å². The lowest BCUT2D eigenvalue weighted by Crippen LogP contribution is -2.16. The summed E-state index contributed by atoms with van der Waals surface area (Å²) in [6.45, 7) is 5.55. The van der Waals surface area contributed by atoms with Gasteiger partial charge in [-0.3, -0.25) is 4.79 Å². The van der Waals surface area contributed by atoms with Crippen LogP contribution in [0, 0.1) is 0 Å². The monoisotopic (exact) mass is 163 g/mol. The van der Waals surface area contributed by atoms with E-state index in [1.165, 1.54) is 0 Å². The summed E-state index contributed by atoms with van der Waals surface area (Å²) in [6.07, 6.45) is 6.05. The first-order valence-electron chi connectivity index (χ1n) is 3.95. The molecule has 1 heterocycles. The average molecular weight is 163 g/mol. The molecule has 2 heteroatoms. The van der Waals surface area contributed by atoms with E-state index in [1.54, 1.807) is 18.0 Å². The highest BCUT2D eigenvalue weighted by Crippen LogP contribution is 2.26. The SMILES string of the molecule is C=C/C=C1\C(=C/C)CC(=O)N1C. The molecule has 1 aliphatic rings. The molecule has 0 atom stereocenters. The summed E-state index contributed by atoms with van der Waals surface area (Å²) in [5, 5.41) is 0. The van der Waals surface area contributed by atoms with Gasteiger partial charge in [-0.05, 0) is 18.6 Å². The molecule has 0 spiro atoms. The van der Waals surface area contributed by atoms with Gasteiger partial charge >= 0.3 is 0 Å². The van der Waals surface area contributed by atoms with Crippen molar-refractivity contribution >= 4 is 5.91 Å². The molecule has 64 valence electrons. The van der Waals surface area contributed by atoms with Crippen LogP contribution >= 0.6 is 0 Å². The Bertz CT molecular complexity index is 274. The lowest BCUT2D eigenvalue weighted by atomic mass is 10.1. The van der Waals surface area contributed by atoms with E-state index >= 15 is 0 Å². The lowest BCUT2D eigenvalue weighted by molar-refractivity contribution is -0.125. The van der Waals surface area contributed by atoms with Crippen LogP contribution < -0.4 is 0 Å². The van der Waals surface area contributed by atoms with Crippen molar-refractivity contribution in [2.45, 2.75) is 13.3 Å². The fourth-order valence-corrected chi connectivity index (χ4v) is 1.30. The van der Waals surface area contributed by atoms with Gasteiger partial charge in [-0.25, -0.2) is 0 Å². The number of likely N-dealkylation sites (N-methyl/N-ethyl adjacent to an activating group) is 1. The predicted octanol–water partition coefficient (Wildman–Crippen LogP) is 1.86. The van der Waals surface area contributed by atoms with E-state index in [0.29, 0.717) is 6.42 Å². The van der Waals surface area contributed by atoms with E-state index in [0.717, 1.165) is 11.3 Å². The molecule has 0 N–H and O–H groups in total. The van der Waals surface area contributed by atoms with E-state index in [4.69, 9.17) is 0 Å². The van der Waals surface area contributed by atoms with Crippen molar-refractivity contribution in [2.24, 2.45) is 0 Å². The van der Waals surface area contributed by atoms with Crippen LogP contribution in [0.15, 0.2) is 36.1 Å². The third kappa shape index (κ3) is 1.33. The average Bonchev–Trinajstić information content (AvgIpc) is 2.33. The highest BCUT2D eigenvalue weighted by atomic mass is 16.2. The molecular weight excluding hydrogens is 150 g/mol. The number of hydrogen-bond acceptors (Lipinski definition) is 1. The summed E-state index contributed by atoms with van der Waals surface area (Å²) in [5.41, 5.74) is 2.06. The van der Waals surface area contributed by atoms with Gasteiger partial charge in [-0.2, -0.15) is 0 Å². The number of hydrogen-bond donors (Lipinski definition) is 0. The Labute approximate surface area is 72.9 Å². The second-order valence-corrected chi connectivity index (χ2v) is 2.73. The largest absolute Gasteiger partial charge is 0.315 e. The minimum Gasteiger partial charge on any atom is -0.315 e. The van der Waals surface area contributed by atoms with Crippen LogP contribution in [-0.4, -0.2) is 17.9 Å². The standard InChI is InChI=1S/C10H13NO/c1-4-6-9-8(5-2)7-10(12)11(9)3/h4-6H,1,7H2,2-3H3/b8-5-,9-6+. The van der Waals surface area contributed by atoms with Gasteiger partial charge in [0.05, 0.1) is 6.42 Å². The van der Waals surface area contributed by atoms with Crippen LogP contribution in [0.5, 0.6) is 0 Å². The Morgan fingerprint density at radius 3 is 2.75 bits per heavy atom. The Balaban J connectivity index is 3.04. The molecule has 1 fully saturated rings. The summed E-state index contributed by atoms with van der Waals surface area (Å²) in [5.74, 6) is 0.149. The Morgan fingerprint density at radius 2 is 2.25 bits per heavy atom. The number of likely N-dealkylation sites (tertiary alicyclic amines) is 1. The number of amides is 1. The van der Waals surface area contributed by atoms with Crippen molar-refractivity contribution in [3.63, 3.8) is 0 Å². The number of carbonyl (C=O) groups is 1. The van der Waals surface area contributed by atoms with Gasteiger partial charge in [-0.1, -0.05) is 18.7 Å². The molecule has 1 amide bonds. The van der Waals surface area contributed by atoms with Gasteiger partial charge in [0, 0.05) is 12.7 Å². The topological polar surface area (TPSA) is 20.3 Å². The lowest BCUT2D eigenvalue weighted by Gasteiger charge is -2.09. The molecule has 2 nitrogen and oxygen atoms in total. The van der Waals surface area contributed by atoms with Crippen molar-refractivity contribution in [1.82, 2.24) is 4.90 Å². The predicted molar refractivity (Wildman–Crippen MR) is 49.4 cm³/mol. The van der Waals surface area contributed by atoms with Crippen molar-refractivity contribution in [1.29, 1.82) is 0 Å². The van der Waals surface area contributed by atoms with E-state index in [2.05, 4.69) is 6.58 Å². The van der Waals surface area contributed by atoms with Crippen molar-refractivity contribution in [2.75, 3.05) is 7.05 Å². The van der Waals surface area contributed by atoms with E-state index < -0.39 is 0 Å². The van der Waals surface area contributed by atoms with E-state index in [1.807, 2.05) is 19.1 Å². The molecule has 0 bridgehead atoms. The van der Waals surface area contributed by atoms with E-state index in [9.17, 15) is 4.79 Å². The number of nitrogens with zero attached hydrogens (tertiary/aromatic N) is 1. The second-order valence-electron chi connectivity index (χ2n) is 2.73. The van der Waals surface area contributed by atoms with Gasteiger partial charge < -0.3 is 4.90 Å². The van der Waals surface area contributed by atoms with Gasteiger partial charge in [0.2, 0.25) is 5.91 Å². The minimum atomic E-state index is 0.149. The van der Waals surface area contributed by atoms with Gasteiger partial charge in [0.25, 0.3) is 0 Å². The zero-order chi connectivity index (χ0) is 9.14. The van der Waals surface area contributed by atoms with Gasteiger partial charge in [0.15, 0.2) is 0 Å². The zero-order valence-corrected chi connectivity index (χ0v) is 7.50. The third-order valence-electron chi connectivity index (χ3n) is 2.03. The molecule has 0 aromatic carbocycles. The maximum atomic E-state index is 11.2. The number of rotatable bonds is 1. The van der Waals surface area contributed by atoms with Crippen molar-refractivity contribution < 1.29 is 4.79 Å². The Hall–Kier alpha value is -1.31. The highest BCUT2D eigenvalue weighted by molar-refractivity contribution is 5.86. The van der Waals surface area contributed by atoms with Crippen LogP contribution in [0.25, 0.3) is 0 Å². The summed E-state index contributed by atoms with van der Waals surface area (Å²) in [6, 6.07) is 0. The molecule has 1 rings (SSSR count). The third-order valence-corrected chi connectivity index (χ3v) is 2.03. The first kappa shape index (κ1) is 8.78. The molecule has 1 aliphatic heterocycles. The van der Waals surface area contributed by atoms with Crippen LogP contribution in [0.2, 0.25) is 0 Å². The van der Waals surface area contributed by atoms with Gasteiger partial charge in [0.1, 0.15) is 0 Å². The molecule has 0 aromatic heterocycles. The summed E-state index contributed by atoms with van der Waals surface area (Å²) in [4.78, 5) is 12.9. The first-order chi connectivity index (χ1) is 5.70. The van der Waals surface area contributed by atoms with Gasteiger partial charge in [-0.15, -0.1) is 0 Å². The fourth-order valence-electron chi connectivity index (χ4n) is 1.30. The summed E-state index contributed by atoms with van der Waals surface area (Å²) >= 11 is 0. The molecule has 0 aromatic rings. The molecule has 1 saturated heterocycles. The maximum absolute atomic E-state index is 11.2. The molecule has 0 aliphatic carbocycles. The van der Waals surface area contributed by atoms with Crippen LogP contribution in [0.3, 0.4) is 0 Å². The quantitative estimate of drug-likeness (QED) is 0.577. The van der Waals surface area contributed by atoms with Crippen LogP contribution in [0.4, 0.5) is 0 Å². The van der Waals surface area contributed by atoms with Crippen molar-refractivity contribution in [3.8, 4) is 0 Å². The number of allylic oxidation sites excluding steroid dienone is 4. The Kier molecular flexibility index (Phi) is 2.48. The molecular formula is C10H13NO. The molecule has 0 saturated carbocycles. The van der Waals surface area contributed by atoms with Crippen LogP contribution in [-0.2, 0) is 4.79 Å². The smallest absolute Gasteiger partial charge is 0.231 e. The minimum absolute atomic E-state index is 0.149. The van der Waals surface area contributed by atoms with Crippen LogP contribution in [0.1, 0.15) is 13.3 Å².